The first kappa shape index (κ1) is 18.2. The number of nitrogens with zero attached hydrogens (tertiary/aromatic N) is 2. The van der Waals surface area contributed by atoms with Crippen molar-refractivity contribution in [2.75, 3.05) is 44.6 Å². The zero-order valence-corrected chi connectivity index (χ0v) is 15.9. The molecule has 1 atom stereocenters. The molecule has 2 aliphatic heterocycles. The van der Waals surface area contributed by atoms with Crippen molar-refractivity contribution in [2.24, 2.45) is 0 Å². The maximum Gasteiger partial charge on any atom is 0.291 e. The Balaban J connectivity index is 1.28. The number of hydrogen-bond donors (Lipinski definition) is 1. The minimum Gasteiger partial charge on any atom is -0.459 e. The summed E-state index contributed by atoms with van der Waals surface area (Å²) in [5, 5.41) is 3.40. The first-order valence-electron chi connectivity index (χ1n) is 9.27. The predicted octanol–water partition coefficient (Wildman–Crippen LogP) is 2.53. The SMILES string of the molecule is O=C(Nc1ccc(C(=O)N2CCN(CC3CCCO3)CC2)s1)c1ccco1. The standard InChI is InChI=1S/C19H23N3O4S/c23-18(15-4-2-12-26-15)20-17-6-5-16(27-17)19(24)22-9-7-21(8-10-22)13-14-3-1-11-25-14/h2,4-6,12,14H,1,3,7-11,13H2,(H,20,23). The summed E-state index contributed by atoms with van der Waals surface area (Å²) >= 11 is 1.29. The lowest BCUT2D eigenvalue weighted by Gasteiger charge is -2.35. The van der Waals surface area contributed by atoms with E-state index in [9.17, 15) is 9.59 Å². The third-order valence-corrected chi connectivity index (χ3v) is 5.93. The van der Waals surface area contributed by atoms with E-state index in [0.717, 1.165) is 52.2 Å². The number of amides is 2. The molecule has 4 rings (SSSR count). The zero-order chi connectivity index (χ0) is 18.6. The van der Waals surface area contributed by atoms with Crippen LogP contribution in [0.15, 0.2) is 34.9 Å². The van der Waals surface area contributed by atoms with Crippen molar-refractivity contribution < 1.29 is 18.7 Å². The molecule has 2 fully saturated rings. The normalized spacial score (nSPS) is 20.7. The van der Waals surface area contributed by atoms with Gasteiger partial charge in [0.15, 0.2) is 5.76 Å². The fourth-order valence-electron chi connectivity index (χ4n) is 3.47. The van der Waals surface area contributed by atoms with Crippen molar-refractivity contribution in [1.29, 1.82) is 0 Å². The van der Waals surface area contributed by atoms with Gasteiger partial charge in [0.05, 0.1) is 22.2 Å². The number of piperazine rings is 1. The highest BCUT2D eigenvalue weighted by Crippen LogP contribution is 2.24. The van der Waals surface area contributed by atoms with Gasteiger partial charge in [-0.15, -0.1) is 11.3 Å². The molecule has 1 N–H and O–H groups in total. The number of nitrogens with one attached hydrogen (secondary N) is 1. The molecule has 27 heavy (non-hydrogen) atoms. The second kappa shape index (κ2) is 8.24. The molecule has 8 heteroatoms. The summed E-state index contributed by atoms with van der Waals surface area (Å²) in [4.78, 5) is 29.7. The number of thiophene rings is 1. The second-order valence-corrected chi connectivity index (χ2v) is 7.91. The minimum atomic E-state index is -0.316. The molecule has 0 spiro atoms. The van der Waals surface area contributed by atoms with Crippen LogP contribution in [-0.2, 0) is 4.74 Å². The lowest BCUT2D eigenvalue weighted by atomic mass is 10.2. The Morgan fingerprint density at radius 3 is 2.74 bits per heavy atom. The second-order valence-electron chi connectivity index (χ2n) is 6.82. The molecular weight excluding hydrogens is 366 g/mol. The molecule has 7 nitrogen and oxygen atoms in total. The average molecular weight is 389 g/mol. The van der Waals surface area contributed by atoms with Gasteiger partial charge in [0, 0.05) is 39.3 Å². The first-order valence-corrected chi connectivity index (χ1v) is 10.1. The highest BCUT2D eigenvalue weighted by atomic mass is 32.1. The van der Waals surface area contributed by atoms with Gasteiger partial charge < -0.3 is 19.4 Å². The largest absolute Gasteiger partial charge is 0.459 e. The fraction of sp³-hybridized carbons (Fsp3) is 0.474. The molecule has 2 amide bonds. The van der Waals surface area contributed by atoms with E-state index in [2.05, 4.69) is 10.2 Å². The van der Waals surface area contributed by atoms with Crippen molar-refractivity contribution >= 4 is 28.2 Å². The van der Waals surface area contributed by atoms with E-state index in [1.165, 1.54) is 17.6 Å². The van der Waals surface area contributed by atoms with Gasteiger partial charge in [-0.05, 0) is 37.1 Å². The third-order valence-electron chi connectivity index (χ3n) is 4.94. The van der Waals surface area contributed by atoms with E-state index in [-0.39, 0.29) is 17.6 Å². The lowest BCUT2D eigenvalue weighted by Crippen LogP contribution is -2.50. The van der Waals surface area contributed by atoms with Crippen molar-refractivity contribution in [3.63, 3.8) is 0 Å². The van der Waals surface area contributed by atoms with Crippen LogP contribution in [0.3, 0.4) is 0 Å². The van der Waals surface area contributed by atoms with Crippen molar-refractivity contribution in [2.45, 2.75) is 18.9 Å². The molecule has 2 aromatic heterocycles. The van der Waals surface area contributed by atoms with E-state index >= 15 is 0 Å². The summed E-state index contributed by atoms with van der Waals surface area (Å²) in [5.41, 5.74) is 0. The number of carbonyl (C=O) groups is 2. The summed E-state index contributed by atoms with van der Waals surface area (Å²) in [7, 11) is 0. The number of anilines is 1. The first-order chi connectivity index (χ1) is 13.2. The Morgan fingerprint density at radius 2 is 2.04 bits per heavy atom. The van der Waals surface area contributed by atoms with Crippen LogP contribution in [0, 0.1) is 0 Å². The van der Waals surface area contributed by atoms with Gasteiger partial charge in [-0.3, -0.25) is 14.5 Å². The van der Waals surface area contributed by atoms with E-state index in [0.29, 0.717) is 16.0 Å². The highest BCUT2D eigenvalue weighted by molar-refractivity contribution is 7.18. The summed E-state index contributed by atoms with van der Waals surface area (Å²) in [6.07, 6.45) is 4.10. The van der Waals surface area contributed by atoms with Crippen LogP contribution in [0.5, 0.6) is 0 Å². The maximum absolute atomic E-state index is 12.7. The molecule has 0 saturated carbocycles. The molecule has 0 bridgehead atoms. The molecule has 0 radical (unpaired) electrons. The predicted molar refractivity (Wildman–Crippen MR) is 102 cm³/mol. The Morgan fingerprint density at radius 1 is 1.19 bits per heavy atom. The van der Waals surface area contributed by atoms with Crippen LogP contribution in [0.2, 0.25) is 0 Å². The molecular formula is C19H23N3O4S. The molecule has 1 unspecified atom stereocenters. The van der Waals surface area contributed by atoms with Crippen LogP contribution in [0.4, 0.5) is 5.00 Å². The van der Waals surface area contributed by atoms with E-state index in [1.807, 2.05) is 4.90 Å². The Bertz CT molecular complexity index is 775. The van der Waals surface area contributed by atoms with Gasteiger partial charge in [-0.1, -0.05) is 0 Å². The van der Waals surface area contributed by atoms with Gasteiger partial charge >= 0.3 is 0 Å². The smallest absolute Gasteiger partial charge is 0.291 e. The third kappa shape index (κ3) is 4.40. The minimum absolute atomic E-state index is 0.0234. The van der Waals surface area contributed by atoms with E-state index in [1.54, 1.807) is 24.3 Å². The summed E-state index contributed by atoms with van der Waals surface area (Å²) < 4.78 is 10.8. The van der Waals surface area contributed by atoms with Crippen molar-refractivity contribution in [3.05, 3.63) is 41.2 Å². The fourth-order valence-corrected chi connectivity index (χ4v) is 4.34. The molecule has 2 aliphatic rings. The summed E-state index contributed by atoms with van der Waals surface area (Å²) in [5.74, 6) is -0.0440. The molecule has 2 aromatic rings. The highest BCUT2D eigenvalue weighted by Gasteiger charge is 2.26. The van der Waals surface area contributed by atoms with Crippen molar-refractivity contribution in [3.8, 4) is 0 Å². The van der Waals surface area contributed by atoms with Gasteiger partial charge in [0.25, 0.3) is 11.8 Å². The number of rotatable bonds is 5. The van der Waals surface area contributed by atoms with E-state index in [4.69, 9.17) is 9.15 Å². The Kier molecular flexibility index (Phi) is 5.56. The molecule has 2 saturated heterocycles. The summed E-state index contributed by atoms with van der Waals surface area (Å²) in [6.45, 7) is 5.03. The monoisotopic (exact) mass is 389 g/mol. The lowest BCUT2D eigenvalue weighted by molar-refractivity contribution is 0.0435. The van der Waals surface area contributed by atoms with Gasteiger partial charge in [-0.2, -0.15) is 0 Å². The Labute approximate surface area is 161 Å². The summed E-state index contributed by atoms with van der Waals surface area (Å²) in [6, 6.07) is 6.79. The molecule has 0 aromatic carbocycles. The van der Waals surface area contributed by atoms with Crippen LogP contribution >= 0.6 is 11.3 Å². The maximum atomic E-state index is 12.7. The number of furan rings is 1. The Hall–Kier alpha value is -2.16. The quantitative estimate of drug-likeness (QED) is 0.851. The number of hydrogen-bond acceptors (Lipinski definition) is 6. The average Bonchev–Trinajstić information content (AvgIpc) is 3.44. The van der Waals surface area contributed by atoms with Crippen molar-refractivity contribution in [1.82, 2.24) is 9.80 Å². The molecule has 0 aliphatic carbocycles. The molecule has 144 valence electrons. The van der Waals surface area contributed by atoms with Gasteiger partial charge in [0.2, 0.25) is 0 Å². The number of ether oxygens (including phenoxy) is 1. The molecule has 4 heterocycles. The van der Waals surface area contributed by atoms with Crippen LogP contribution in [0.25, 0.3) is 0 Å². The van der Waals surface area contributed by atoms with Gasteiger partial charge in [-0.25, -0.2) is 0 Å². The number of carbonyl (C=O) groups excluding carboxylic acids is 2. The van der Waals surface area contributed by atoms with Crippen LogP contribution in [0.1, 0.15) is 33.1 Å². The zero-order valence-electron chi connectivity index (χ0n) is 15.1. The topological polar surface area (TPSA) is 75.0 Å². The van der Waals surface area contributed by atoms with E-state index < -0.39 is 0 Å². The van der Waals surface area contributed by atoms with Crippen LogP contribution in [-0.4, -0.2) is 67.0 Å². The van der Waals surface area contributed by atoms with Gasteiger partial charge in [0.1, 0.15) is 0 Å². The van der Waals surface area contributed by atoms with Crippen LogP contribution < -0.4 is 5.32 Å².